The van der Waals surface area contributed by atoms with Crippen LogP contribution in [-0.2, 0) is 101 Å². The maximum atomic E-state index is 12.0. The van der Waals surface area contributed by atoms with Crippen molar-refractivity contribution in [2.24, 2.45) is 80.1 Å². The molecule has 21 rings (SSSR count). The van der Waals surface area contributed by atoms with Crippen molar-refractivity contribution in [3.05, 3.63) is 221 Å². The largest absolute Gasteiger partial charge is 0.374 e. The number of piperidine rings is 1. The lowest BCUT2D eigenvalue weighted by molar-refractivity contribution is 0.00701. The minimum Gasteiger partial charge on any atom is -0.374 e. The normalized spacial score (nSPS) is 17.9. The van der Waals surface area contributed by atoms with E-state index in [2.05, 4.69) is 100 Å². The first-order chi connectivity index (χ1) is 67.5. The number of hydrogen-bond acceptors (Lipinski definition) is 29. The molecule has 45 heteroatoms. The molecule has 4 aliphatic heterocycles. The highest BCUT2D eigenvalue weighted by Gasteiger charge is 2.57. The molecule has 732 valence electrons. The Morgan fingerprint density at radius 1 is 0.305 bits per heavy atom. The van der Waals surface area contributed by atoms with Crippen molar-refractivity contribution >= 4 is 63.4 Å². The average Bonchev–Trinajstić information content (AvgIpc) is 1.57. The number of benzene rings is 4. The third-order valence-corrected chi connectivity index (χ3v) is 30.5. The van der Waals surface area contributed by atoms with E-state index in [0.29, 0.717) is 137 Å². The van der Waals surface area contributed by atoms with Crippen molar-refractivity contribution < 1.29 is 38.4 Å². The zero-order valence-electron chi connectivity index (χ0n) is 80.0. The van der Waals surface area contributed by atoms with Crippen molar-refractivity contribution in [1.29, 1.82) is 0 Å². The Morgan fingerprint density at radius 2 is 0.596 bits per heavy atom. The molecule has 5 aliphatic rings. The molecule has 141 heavy (non-hydrogen) atoms. The van der Waals surface area contributed by atoms with Crippen LogP contribution in [0.3, 0.4) is 0 Å². The van der Waals surface area contributed by atoms with Gasteiger partial charge in [0.1, 0.15) is 23.3 Å². The number of aromatic nitrogens is 24. The Morgan fingerprint density at radius 3 is 0.915 bits per heavy atom. The van der Waals surface area contributed by atoms with Gasteiger partial charge in [0, 0.05) is 298 Å². The Hall–Kier alpha value is -14.3. The van der Waals surface area contributed by atoms with Crippen LogP contribution in [-0.4, -0.2) is 285 Å². The standard InChI is InChI=1S/C25H28N8O2S.C24H28N8O3S.C24H28N8O2S.C23H26N8O2S/c1-31-12-18(8-28-31)16-5-4-6-17(7-16)24-26-10-20(19-9-29-32(2)13-19)25(30-24)27-11-21-22-14-33(15-23(21)22)36(3,34)35;1-30-14-19(10-27-30)17-5-4-6-18(9-17)23-26-13-22(20-11-28-31(2)15-20)24(29-23)25-12-21-16-32(7-8-35-21)36(3,33)34;1-30-15-20(11-27-30)18-5-4-6-19(9-18)23-26-13-22(21-12-28-31(2)16-21)24(29-23)25-10-17-7-8-32(14-17)35(3,33)34;1-29-13-18(10-25-29)16-5-4-6-17(9-16)22-24-12-21(19-11-26-30(2)14-19)23(28-22)27-20-7-8-31(15-20)34(3,32)33/h4-10,12-13,21-23H,11,14-15H2,1-3H3,(H,26,27,30);4-6,9-11,13-15,21H,7-8,12,16H2,1-3H3,(H,25,26,29);4-6,9,11-13,15-17H,7-8,10,14H2,1-3H3,(H,25,26,29);4-6,9-14,20H,7-8,15H2,1-3H3,(H,24,27,28)/t21?,22-,23+;;17-;20-/m..11/s1. The second-order valence-corrected chi connectivity index (χ2v) is 44.2. The Bertz CT molecular complexity index is 7710. The molecule has 6 atom stereocenters. The van der Waals surface area contributed by atoms with Gasteiger partial charge < -0.3 is 26.0 Å². The minimum absolute atomic E-state index is 0.0466. The van der Waals surface area contributed by atoms with Crippen LogP contribution in [0.1, 0.15) is 12.8 Å². The zero-order chi connectivity index (χ0) is 98.8. The summed E-state index contributed by atoms with van der Waals surface area (Å²) in [6.45, 7) is 5.94. The molecule has 12 aromatic heterocycles. The van der Waals surface area contributed by atoms with Gasteiger partial charge in [0.15, 0.2) is 23.3 Å². The molecule has 0 radical (unpaired) electrons. The van der Waals surface area contributed by atoms with Gasteiger partial charge in [0.2, 0.25) is 40.1 Å². The van der Waals surface area contributed by atoms with Crippen LogP contribution in [0.15, 0.2) is 221 Å². The highest BCUT2D eigenvalue weighted by atomic mass is 32.2. The molecule has 4 N–H and O–H groups in total. The highest BCUT2D eigenvalue weighted by molar-refractivity contribution is 7.89. The summed E-state index contributed by atoms with van der Waals surface area (Å²) in [4.78, 5) is 38.2. The number of aryl methyl sites for hydroxylation is 8. The quantitative estimate of drug-likeness (QED) is 0.0372. The first kappa shape index (κ1) is 96.9. The summed E-state index contributed by atoms with van der Waals surface area (Å²) in [5.74, 6) is 6.60. The van der Waals surface area contributed by atoms with Crippen LogP contribution in [0, 0.1) is 23.7 Å². The second-order valence-electron chi connectivity index (χ2n) is 36.2. The van der Waals surface area contributed by atoms with E-state index in [0.717, 1.165) is 130 Å². The van der Waals surface area contributed by atoms with Gasteiger partial charge in [0.25, 0.3) is 0 Å². The summed E-state index contributed by atoms with van der Waals surface area (Å²) in [6, 6.07) is 32.2. The molecule has 2 unspecified atom stereocenters. The van der Waals surface area contributed by atoms with E-state index >= 15 is 0 Å². The lowest BCUT2D eigenvalue weighted by atomic mass is 10.1. The lowest BCUT2D eigenvalue weighted by Crippen LogP contribution is -2.47. The zero-order valence-corrected chi connectivity index (χ0v) is 83.2. The van der Waals surface area contributed by atoms with Gasteiger partial charge in [-0.25, -0.2) is 86.5 Å². The first-order valence-electron chi connectivity index (χ1n) is 45.8. The number of nitrogens with zero attached hydrogens (tertiary/aromatic N) is 28. The van der Waals surface area contributed by atoms with Gasteiger partial charge in [-0.1, -0.05) is 72.8 Å². The van der Waals surface area contributed by atoms with Crippen molar-refractivity contribution in [3.63, 3.8) is 0 Å². The predicted octanol–water partition coefficient (Wildman–Crippen LogP) is 9.54. The van der Waals surface area contributed by atoms with Crippen molar-refractivity contribution in [2.45, 2.75) is 25.0 Å². The molecule has 0 amide bonds. The highest BCUT2D eigenvalue weighted by Crippen LogP contribution is 2.52. The Kier molecular flexibility index (Phi) is 28.1. The van der Waals surface area contributed by atoms with E-state index in [1.165, 1.54) is 37.9 Å². The number of rotatable bonds is 27. The number of ether oxygens (including phenoxy) is 1. The number of sulfonamides is 4. The number of anilines is 4. The molecule has 0 bridgehead atoms. The maximum absolute atomic E-state index is 12.0. The van der Waals surface area contributed by atoms with Crippen LogP contribution >= 0.6 is 0 Å². The SMILES string of the molecule is Cn1cc(-c2cccc(-c3ncc(-c4cnn(C)c4)c(NCC4CN(S(C)(=O)=O)CCO4)n3)c2)cn1.Cn1cc(-c2cccc(-c3ncc(-c4cnn(C)c4)c(NCC4[C@H]5CN(S(C)(=O)=O)C[C@@H]45)n3)c2)cn1.Cn1cc(-c2cccc(-c3ncc(-c4cnn(C)c4)c(NC[C@H]4CCN(S(C)(=O)=O)C4)n3)c2)cn1.Cn1cc(-c2cccc(-c3ncc(-c4cnn(C)c4)c(N[C@@H]4CCN(S(C)(=O)=O)C4)n3)c2)cn1. The maximum Gasteiger partial charge on any atom is 0.211 e. The van der Waals surface area contributed by atoms with Gasteiger partial charge in [-0.3, -0.25) is 37.5 Å². The summed E-state index contributed by atoms with van der Waals surface area (Å²) in [5.41, 5.74) is 18.8. The van der Waals surface area contributed by atoms with Gasteiger partial charge in [-0.15, -0.1) is 0 Å². The van der Waals surface area contributed by atoms with Crippen molar-refractivity contribution in [1.82, 2.24) is 135 Å². The first-order valence-corrected chi connectivity index (χ1v) is 53.2. The van der Waals surface area contributed by atoms with Crippen LogP contribution in [0.4, 0.5) is 23.3 Å². The van der Waals surface area contributed by atoms with Crippen LogP contribution in [0.25, 0.3) is 135 Å². The van der Waals surface area contributed by atoms with Crippen LogP contribution in [0.2, 0.25) is 0 Å². The summed E-state index contributed by atoms with van der Waals surface area (Å²) in [7, 11) is 2.24. The van der Waals surface area contributed by atoms with Crippen molar-refractivity contribution in [3.8, 4) is 135 Å². The number of fused-ring (bicyclic) bond motifs is 1. The molecular weight excluding hydrogens is 1870 g/mol. The fourth-order valence-corrected chi connectivity index (χ4v) is 21.4. The molecule has 1 aliphatic carbocycles. The molecule has 16 heterocycles. The third kappa shape index (κ3) is 23.4. The molecule has 41 nitrogen and oxygen atoms in total. The Labute approximate surface area is 817 Å². The molecule has 5 fully saturated rings. The van der Waals surface area contributed by atoms with E-state index in [4.69, 9.17) is 24.7 Å². The van der Waals surface area contributed by atoms with Gasteiger partial charge >= 0.3 is 0 Å². The minimum atomic E-state index is -3.28. The fraction of sp³-hybridized carbons (Fsp3) is 0.333. The van der Waals surface area contributed by atoms with E-state index in [1.54, 1.807) is 72.7 Å². The van der Waals surface area contributed by atoms with E-state index < -0.39 is 40.1 Å². The van der Waals surface area contributed by atoms with Gasteiger partial charge in [0.05, 0.1) is 87.3 Å². The van der Waals surface area contributed by atoms with E-state index in [1.807, 2.05) is 228 Å². The van der Waals surface area contributed by atoms with Gasteiger partial charge in [-0.05, 0) is 83.0 Å². The summed E-state index contributed by atoms with van der Waals surface area (Å²) < 4.78 is 121. The summed E-state index contributed by atoms with van der Waals surface area (Å²) in [6.07, 6.45) is 43.5. The molecule has 4 saturated heterocycles. The predicted molar refractivity (Wildman–Crippen MR) is 539 cm³/mol. The average molecular weight is 1980 g/mol. The number of morpholine rings is 1. The third-order valence-electron chi connectivity index (χ3n) is 25.5. The van der Waals surface area contributed by atoms with E-state index in [9.17, 15) is 33.7 Å². The van der Waals surface area contributed by atoms with Crippen LogP contribution < -0.4 is 21.3 Å². The summed E-state index contributed by atoms with van der Waals surface area (Å²) in [5, 5.41) is 48.1. The monoisotopic (exact) mass is 1980 g/mol. The molecule has 1 saturated carbocycles. The smallest absolute Gasteiger partial charge is 0.211 e. The molecule has 0 spiro atoms. The van der Waals surface area contributed by atoms with Crippen molar-refractivity contribution in [2.75, 3.05) is 125 Å². The number of hydrogen-bond donors (Lipinski definition) is 4. The summed E-state index contributed by atoms with van der Waals surface area (Å²) >= 11 is 0. The topological polar surface area (TPSA) is 453 Å². The lowest BCUT2D eigenvalue weighted by Gasteiger charge is -2.31. The second kappa shape index (κ2) is 40.9. The number of nitrogens with one attached hydrogen (secondary N) is 4. The molecule has 16 aromatic rings. The van der Waals surface area contributed by atoms with E-state index in [-0.39, 0.29) is 18.1 Å². The molecular formula is C96H110N32O9S4. The van der Waals surface area contributed by atoms with Gasteiger partial charge in [-0.2, -0.15) is 45.1 Å². The molecule has 4 aromatic carbocycles. The van der Waals surface area contributed by atoms with Crippen LogP contribution in [0.5, 0.6) is 0 Å². The fourth-order valence-electron chi connectivity index (χ4n) is 17.9. The Balaban J connectivity index is 0.000000124.